The van der Waals surface area contributed by atoms with E-state index in [1.54, 1.807) is 7.11 Å². The van der Waals surface area contributed by atoms with E-state index in [0.29, 0.717) is 0 Å². The first-order valence-electron chi connectivity index (χ1n) is 6.64. The molecule has 0 unspecified atom stereocenters. The molecule has 3 heteroatoms. The minimum Gasteiger partial charge on any atom is -0.494 e. The van der Waals surface area contributed by atoms with E-state index >= 15 is 0 Å². The Morgan fingerprint density at radius 2 is 1.76 bits per heavy atom. The molecule has 0 aliphatic heterocycles. The molecule has 3 aromatic rings. The van der Waals surface area contributed by atoms with Gasteiger partial charge in [0.2, 0.25) is 0 Å². The normalized spacial score (nSPS) is 11.1. The summed E-state index contributed by atoms with van der Waals surface area (Å²) in [5.41, 5.74) is 2.94. The molecule has 104 valence electrons. The van der Waals surface area contributed by atoms with E-state index in [2.05, 4.69) is 45.2 Å². The average molecular weight is 340 g/mol. The molecule has 0 bridgehead atoms. The number of hydrogen-bond donors (Lipinski definition) is 0. The number of nitrogens with zero attached hydrogens (tertiary/aromatic N) is 1. The second-order valence-corrected chi connectivity index (χ2v) is 5.57. The van der Waals surface area contributed by atoms with Gasteiger partial charge in [0, 0.05) is 9.86 Å². The second kappa shape index (κ2) is 6.10. The van der Waals surface area contributed by atoms with Crippen LogP contribution >= 0.6 is 15.9 Å². The van der Waals surface area contributed by atoms with Crippen LogP contribution in [0.5, 0.6) is 5.75 Å². The van der Waals surface area contributed by atoms with Gasteiger partial charge in [-0.2, -0.15) is 0 Å². The van der Waals surface area contributed by atoms with Crippen LogP contribution in [0.4, 0.5) is 0 Å². The van der Waals surface area contributed by atoms with Crippen molar-refractivity contribution in [2.24, 2.45) is 0 Å². The van der Waals surface area contributed by atoms with Gasteiger partial charge in [-0.3, -0.25) is 0 Å². The quantitative estimate of drug-likeness (QED) is 0.656. The third-order valence-electron chi connectivity index (χ3n) is 3.24. The first-order chi connectivity index (χ1) is 10.3. The van der Waals surface area contributed by atoms with Gasteiger partial charge >= 0.3 is 0 Å². The van der Waals surface area contributed by atoms with Gasteiger partial charge in [-0.05, 0) is 35.9 Å². The Morgan fingerprint density at radius 1 is 0.952 bits per heavy atom. The molecule has 0 amide bonds. The highest BCUT2D eigenvalue weighted by atomic mass is 79.9. The maximum absolute atomic E-state index is 5.37. The Hall–Kier alpha value is -2.13. The molecule has 0 atom stereocenters. The lowest BCUT2D eigenvalue weighted by Gasteiger charge is -2.05. The van der Waals surface area contributed by atoms with E-state index in [1.807, 2.05) is 42.5 Å². The highest BCUT2D eigenvalue weighted by Gasteiger charge is 2.02. The molecule has 2 nitrogen and oxygen atoms in total. The molecule has 0 saturated carbocycles. The fourth-order valence-electron chi connectivity index (χ4n) is 2.15. The molecule has 0 radical (unpaired) electrons. The third-order valence-corrected chi connectivity index (χ3v) is 3.77. The lowest BCUT2D eigenvalue weighted by Crippen LogP contribution is -1.89. The number of fused-ring (bicyclic) bond motifs is 1. The first kappa shape index (κ1) is 13.8. The monoisotopic (exact) mass is 339 g/mol. The number of rotatable bonds is 3. The zero-order chi connectivity index (χ0) is 14.7. The summed E-state index contributed by atoms with van der Waals surface area (Å²) in [6.07, 6.45) is 4.06. The van der Waals surface area contributed by atoms with Crippen molar-refractivity contribution in [3.63, 3.8) is 0 Å². The number of ether oxygens (including phenoxy) is 1. The molecule has 2 aromatic carbocycles. The van der Waals surface area contributed by atoms with Crippen LogP contribution in [0.25, 0.3) is 23.1 Å². The largest absolute Gasteiger partial charge is 0.494 e. The summed E-state index contributed by atoms with van der Waals surface area (Å²) in [5, 5.41) is 1.08. The van der Waals surface area contributed by atoms with Gasteiger partial charge in [0.25, 0.3) is 0 Å². The maximum atomic E-state index is 5.37. The van der Waals surface area contributed by atoms with E-state index < -0.39 is 0 Å². The van der Waals surface area contributed by atoms with Crippen LogP contribution in [0, 0.1) is 0 Å². The molecule has 0 saturated heterocycles. The van der Waals surface area contributed by atoms with Crippen LogP contribution in [0.1, 0.15) is 11.3 Å². The van der Waals surface area contributed by atoms with Crippen LogP contribution in [-0.2, 0) is 0 Å². The lowest BCUT2D eigenvalue weighted by atomic mass is 10.1. The third kappa shape index (κ3) is 3.14. The van der Waals surface area contributed by atoms with Crippen molar-refractivity contribution in [3.8, 4) is 5.75 Å². The summed E-state index contributed by atoms with van der Waals surface area (Å²) in [6, 6.07) is 18.2. The minimum atomic E-state index is 0.798. The average Bonchev–Trinajstić information content (AvgIpc) is 2.53. The number of para-hydroxylation sites is 1. The van der Waals surface area contributed by atoms with E-state index in [1.165, 1.54) is 0 Å². The van der Waals surface area contributed by atoms with E-state index in [9.17, 15) is 0 Å². The molecule has 21 heavy (non-hydrogen) atoms. The van der Waals surface area contributed by atoms with Crippen molar-refractivity contribution in [2.45, 2.75) is 0 Å². The molecule has 3 rings (SSSR count). The number of benzene rings is 2. The van der Waals surface area contributed by atoms with Crippen LogP contribution < -0.4 is 4.74 Å². The Morgan fingerprint density at radius 3 is 2.52 bits per heavy atom. The van der Waals surface area contributed by atoms with Crippen molar-refractivity contribution in [1.82, 2.24) is 4.98 Å². The number of aromatic nitrogens is 1. The molecular weight excluding hydrogens is 326 g/mol. The Balaban J connectivity index is 1.95. The minimum absolute atomic E-state index is 0.798. The van der Waals surface area contributed by atoms with E-state index in [4.69, 9.17) is 4.74 Å². The van der Waals surface area contributed by atoms with Crippen molar-refractivity contribution in [2.75, 3.05) is 7.11 Å². The molecule has 0 N–H and O–H groups in total. The first-order valence-corrected chi connectivity index (χ1v) is 7.43. The lowest BCUT2D eigenvalue weighted by molar-refractivity contribution is 0.419. The molecule has 1 heterocycles. The van der Waals surface area contributed by atoms with Gasteiger partial charge in [-0.1, -0.05) is 52.3 Å². The van der Waals surface area contributed by atoms with Crippen molar-refractivity contribution in [1.29, 1.82) is 0 Å². The van der Waals surface area contributed by atoms with Crippen molar-refractivity contribution >= 4 is 39.0 Å². The molecular formula is C18H14BrNO. The smallest absolute Gasteiger partial charge is 0.145 e. The summed E-state index contributed by atoms with van der Waals surface area (Å²) in [5.74, 6) is 0.798. The van der Waals surface area contributed by atoms with Crippen LogP contribution in [0.2, 0.25) is 0 Å². The number of pyridine rings is 1. The summed E-state index contributed by atoms with van der Waals surface area (Å²) < 4.78 is 6.44. The highest BCUT2D eigenvalue weighted by molar-refractivity contribution is 9.10. The topological polar surface area (TPSA) is 22.1 Å². The number of hydrogen-bond acceptors (Lipinski definition) is 2. The fraction of sp³-hybridized carbons (Fsp3) is 0.0556. The van der Waals surface area contributed by atoms with Gasteiger partial charge in [0.1, 0.15) is 11.3 Å². The van der Waals surface area contributed by atoms with Gasteiger partial charge in [0.15, 0.2) is 0 Å². The van der Waals surface area contributed by atoms with Crippen LogP contribution in [0.15, 0.2) is 59.1 Å². The Labute approximate surface area is 132 Å². The predicted octanol–water partition coefficient (Wildman–Crippen LogP) is 5.18. The summed E-state index contributed by atoms with van der Waals surface area (Å²) in [4.78, 5) is 4.66. The van der Waals surface area contributed by atoms with Gasteiger partial charge in [-0.15, -0.1) is 0 Å². The Kier molecular flexibility index (Phi) is 4.02. The van der Waals surface area contributed by atoms with Crippen molar-refractivity contribution in [3.05, 3.63) is 70.3 Å². The number of halogens is 1. The molecule has 0 fully saturated rings. The van der Waals surface area contributed by atoms with Gasteiger partial charge < -0.3 is 4.74 Å². The molecule has 1 aromatic heterocycles. The zero-order valence-electron chi connectivity index (χ0n) is 11.6. The highest BCUT2D eigenvalue weighted by Crippen LogP contribution is 2.24. The molecule has 0 aliphatic carbocycles. The van der Waals surface area contributed by atoms with E-state index in [0.717, 1.165) is 32.4 Å². The Bertz CT molecular complexity index is 794. The fourth-order valence-corrected chi connectivity index (χ4v) is 2.41. The number of methoxy groups -OCH3 is 1. The molecule has 0 spiro atoms. The predicted molar refractivity (Wildman–Crippen MR) is 91.4 cm³/mol. The standard InChI is InChI=1S/C18H14BrNO/c1-21-17-4-2-3-14-8-12-16(20-18(14)17)11-7-13-5-9-15(19)10-6-13/h2-12H,1H3/b11-7+. The summed E-state index contributed by atoms with van der Waals surface area (Å²) >= 11 is 3.43. The summed E-state index contributed by atoms with van der Waals surface area (Å²) in [6.45, 7) is 0. The van der Waals surface area contributed by atoms with Gasteiger partial charge in [0.05, 0.1) is 12.8 Å². The van der Waals surface area contributed by atoms with E-state index in [-0.39, 0.29) is 0 Å². The molecule has 0 aliphatic rings. The SMILES string of the molecule is COc1cccc2ccc(/C=C/c3ccc(Br)cc3)nc12. The van der Waals surface area contributed by atoms with Crippen molar-refractivity contribution < 1.29 is 4.74 Å². The zero-order valence-corrected chi connectivity index (χ0v) is 13.2. The summed E-state index contributed by atoms with van der Waals surface area (Å²) in [7, 11) is 1.67. The van der Waals surface area contributed by atoms with Crippen LogP contribution in [-0.4, -0.2) is 12.1 Å². The van der Waals surface area contributed by atoms with Gasteiger partial charge in [-0.25, -0.2) is 4.98 Å². The maximum Gasteiger partial charge on any atom is 0.145 e. The van der Waals surface area contributed by atoms with Crippen LogP contribution in [0.3, 0.4) is 0 Å². The second-order valence-electron chi connectivity index (χ2n) is 4.65.